The minimum atomic E-state index is -5.11. The fraction of sp³-hybridized carbons (Fsp3) is 0.250. The van der Waals surface area contributed by atoms with Crippen LogP contribution in [-0.4, -0.2) is 11.3 Å². The lowest BCUT2D eigenvalue weighted by atomic mass is 10.1. The summed E-state index contributed by atoms with van der Waals surface area (Å²) < 4.78 is 61.9. The van der Waals surface area contributed by atoms with E-state index < -0.39 is 35.1 Å². The summed E-state index contributed by atoms with van der Waals surface area (Å²) >= 11 is 0. The minimum absolute atomic E-state index is 0.217. The van der Waals surface area contributed by atoms with E-state index in [2.05, 4.69) is 4.98 Å². The van der Waals surface area contributed by atoms with Crippen molar-refractivity contribution < 1.29 is 26.7 Å². The summed E-state index contributed by atoms with van der Waals surface area (Å²) in [6.07, 6.45) is -8.16. The molecule has 0 spiro atoms. The third-order valence-corrected chi connectivity index (χ3v) is 1.79. The number of nitrogens with zero attached hydrogens (tertiary/aromatic N) is 1. The summed E-state index contributed by atoms with van der Waals surface area (Å²) in [5, 5.41) is 0. The number of hydrogen-bond acceptors (Lipinski definition) is 3. The fourth-order valence-corrected chi connectivity index (χ4v) is 1.15. The Morgan fingerprint density at radius 2 is 1.94 bits per heavy atom. The smallest absolute Gasteiger partial charge is 0.397 e. The number of pyridine rings is 1. The van der Waals surface area contributed by atoms with E-state index in [-0.39, 0.29) is 6.29 Å². The maximum absolute atomic E-state index is 12.4. The van der Waals surface area contributed by atoms with Crippen LogP contribution < -0.4 is 5.73 Å². The number of aromatic nitrogens is 1. The van der Waals surface area contributed by atoms with E-state index in [9.17, 15) is 26.7 Å². The molecule has 16 heavy (non-hydrogen) atoms. The van der Waals surface area contributed by atoms with Gasteiger partial charge in [0.15, 0.2) is 6.29 Å². The van der Waals surface area contributed by atoms with Gasteiger partial charge in [0.25, 0.3) is 6.43 Å². The highest BCUT2D eigenvalue weighted by atomic mass is 19.4. The number of nitrogen functional groups attached to an aromatic ring is 1. The molecule has 0 atom stereocenters. The highest BCUT2D eigenvalue weighted by molar-refractivity contribution is 5.85. The molecule has 0 amide bonds. The van der Waals surface area contributed by atoms with E-state index in [1.807, 2.05) is 0 Å². The number of nitrogens with two attached hydrogens (primary N) is 1. The van der Waals surface area contributed by atoms with Crippen LogP contribution >= 0.6 is 0 Å². The normalized spacial score (nSPS) is 11.9. The van der Waals surface area contributed by atoms with E-state index in [4.69, 9.17) is 5.73 Å². The van der Waals surface area contributed by atoms with Gasteiger partial charge in [-0.25, -0.2) is 8.78 Å². The topological polar surface area (TPSA) is 56.0 Å². The molecule has 8 heteroatoms. The monoisotopic (exact) mass is 240 g/mol. The lowest BCUT2D eigenvalue weighted by Crippen LogP contribution is -2.16. The van der Waals surface area contributed by atoms with Crippen molar-refractivity contribution in [1.82, 2.24) is 4.98 Å². The number of anilines is 1. The SMILES string of the molecule is Nc1cnc(C(F)F)c(C(F)(F)F)c1C=O. The molecule has 1 aromatic rings. The second-order valence-corrected chi connectivity index (χ2v) is 2.80. The molecule has 0 aliphatic rings. The third kappa shape index (κ3) is 2.10. The van der Waals surface area contributed by atoms with Gasteiger partial charge in [0.2, 0.25) is 0 Å². The first-order chi connectivity index (χ1) is 7.29. The zero-order valence-corrected chi connectivity index (χ0v) is 7.55. The first kappa shape index (κ1) is 12.3. The number of aldehydes is 1. The molecule has 0 aromatic carbocycles. The molecule has 0 bridgehead atoms. The van der Waals surface area contributed by atoms with Crippen molar-refractivity contribution >= 4 is 12.0 Å². The molecule has 0 aliphatic carbocycles. The average molecular weight is 240 g/mol. The van der Waals surface area contributed by atoms with Crippen molar-refractivity contribution in [2.24, 2.45) is 0 Å². The van der Waals surface area contributed by atoms with Gasteiger partial charge in [-0.3, -0.25) is 9.78 Å². The highest BCUT2D eigenvalue weighted by Gasteiger charge is 2.40. The van der Waals surface area contributed by atoms with E-state index >= 15 is 0 Å². The van der Waals surface area contributed by atoms with Gasteiger partial charge in [-0.2, -0.15) is 13.2 Å². The maximum Gasteiger partial charge on any atom is 0.419 e. The lowest BCUT2D eigenvalue weighted by molar-refractivity contribution is -0.140. The van der Waals surface area contributed by atoms with Gasteiger partial charge in [-0.1, -0.05) is 0 Å². The van der Waals surface area contributed by atoms with Gasteiger partial charge >= 0.3 is 6.18 Å². The van der Waals surface area contributed by atoms with Crippen LogP contribution in [0.3, 0.4) is 0 Å². The molecular formula is C8H5F5N2O. The van der Waals surface area contributed by atoms with Crippen LogP contribution in [0.1, 0.15) is 28.0 Å². The predicted molar refractivity (Wildman–Crippen MR) is 44.0 cm³/mol. The van der Waals surface area contributed by atoms with Gasteiger partial charge in [-0.15, -0.1) is 0 Å². The molecular weight excluding hydrogens is 235 g/mol. The first-order valence-corrected chi connectivity index (χ1v) is 3.88. The standard InChI is InChI=1S/C8H5F5N2O/c9-7(10)6-5(8(11,12)13)3(2-16)4(14)1-15-6/h1-2,7H,14H2. The highest BCUT2D eigenvalue weighted by Crippen LogP contribution is 2.38. The average Bonchev–Trinajstić information content (AvgIpc) is 2.15. The van der Waals surface area contributed by atoms with E-state index in [0.717, 1.165) is 0 Å². The number of hydrogen-bond donors (Lipinski definition) is 1. The molecule has 0 unspecified atom stereocenters. The number of carbonyl (C=O) groups excluding carboxylic acids is 1. The predicted octanol–water partition coefficient (Wildman–Crippen LogP) is 2.43. The molecule has 88 valence electrons. The number of alkyl halides is 5. The summed E-state index contributed by atoms with van der Waals surface area (Å²) in [6, 6.07) is 0. The third-order valence-electron chi connectivity index (χ3n) is 1.79. The van der Waals surface area contributed by atoms with Crippen molar-refractivity contribution in [1.29, 1.82) is 0 Å². The number of rotatable bonds is 2. The quantitative estimate of drug-likeness (QED) is 0.638. The van der Waals surface area contributed by atoms with Gasteiger partial charge in [0, 0.05) is 0 Å². The van der Waals surface area contributed by atoms with Crippen molar-refractivity contribution in [3.8, 4) is 0 Å². The van der Waals surface area contributed by atoms with E-state index in [1.54, 1.807) is 0 Å². The van der Waals surface area contributed by atoms with Crippen LogP contribution in [0, 0.1) is 0 Å². The van der Waals surface area contributed by atoms with Crippen LogP contribution in [0.15, 0.2) is 6.20 Å². The Kier molecular flexibility index (Phi) is 3.11. The van der Waals surface area contributed by atoms with Crippen molar-refractivity contribution in [3.63, 3.8) is 0 Å². The zero-order valence-electron chi connectivity index (χ0n) is 7.55. The van der Waals surface area contributed by atoms with E-state index in [1.165, 1.54) is 0 Å². The maximum atomic E-state index is 12.4. The lowest BCUT2D eigenvalue weighted by Gasteiger charge is -2.14. The molecule has 0 saturated carbocycles. The fourth-order valence-electron chi connectivity index (χ4n) is 1.15. The summed E-state index contributed by atoms with van der Waals surface area (Å²) in [4.78, 5) is 13.3. The summed E-state index contributed by atoms with van der Waals surface area (Å²) in [5.41, 5.74) is 0.175. The minimum Gasteiger partial charge on any atom is -0.397 e. The molecule has 0 fully saturated rings. The number of halogens is 5. The Morgan fingerprint density at radius 3 is 2.31 bits per heavy atom. The molecule has 0 saturated heterocycles. The molecule has 3 nitrogen and oxygen atoms in total. The summed E-state index contributed by atoms with van der Waals surface area (Å²) in [6.45, 7) is 0. The van der Waals surface area contributed by atoms with Gasteiger partial charge < -0.3 is 5.73 Å². The van der Waals surface area contributed by atoms with Crippen LogP contribution in [-0.2, 0) is 6.18 Å². The summed E-state index contributed by atoms with van der Waals surface area (Å²) in [5.74, 6) is 0. The van der Waals surface area contributed by atoms with Gasteiger partial charge in [0.1, 0.15) is 5.69 Å². The van der Waals surface area contributed by atoms with Crippen molar-refractivity contribution in [3.05, 3.63) is 23.0 Å². The first-order valence-electron chi connectivity index (χ1n) is 3.88. The zero-order chi connectivity index (χ0) is 12.5. The largest absolute Gasteiger partial charge is 0.419 e. The molecule has 0 radical (unpaired) electrons. The van der Waals surface area contributed by atoms with E-state index in [0.29, 0.717) is 6.20 Å². The second kappa shape index (κ2) is 4.03. The van der Waals surface area contributed by atoms with Crippen LogP contribution in [0.2, 0.25) is 0 Å². The Bertz CT molecular complexity index is 416. The van der Waals surface area contributed by atoms with Gasteiger partial charge in [0.05, 0.1) is 23.0 Å². The van der Waals surface area contributed by atoms with Crippen LogP contribution in [0.4, 0.5) is 27.6 Å². The summed E-state index contributed by atoms with van der Waals surface area (Å²) in [7, 11) is 0. The van der Waals surface area contributed by atoms with Crippen molar-refractivity contribution in [2.45, 2.75) is 12.6 Å². The molecule has 1 aromatic heterocycles. The van der Waals surface area contributed by atoms with Crippen LogP contribution in [0.5, 0.6) is 0 Å². The van der Waals surface area contributed by atoms with Crippen LogP contribution in [0.25, 0.3) is 0 Å². The Balaban J connectivity index is 3.61. The number of carbonyl (C=O) groups is 1. The molecule has 1 heterocycles. The Labute approximate surface area is 86.1 Å². The van der Waals surface area contributed by atoms with Crippen molar-refractivity contribution in [2.75, 3.05) is 5.73 Å². The molecule has 2 N–H and O–H groups in total. The Hall–Kier alpha value is -1.73. The van der Waals surface area contributed by atoms with Gasteiger partial charge in [-0.05, 0) is 0 Å². The molecule has 0 aliphatic heterocycles. The Morgan fingerprint density at radius 1 is 1.38 bits per heavy atom. The second-order valence-electron chi connectivity index (χ2n) is 2.80. The molecule has 1 rings (SSSR count).